The smallest absolute Gasteiger partial charge is 0.0533 e. The molecule has 0 bridgehead atoms. The zero-order valence-electron chi connectivity index (χ0n) is 9.08. The van der Waals surface area contributed by atoms with E-state index in [9.17, 15) is 0 Å². The van der Waals surface area contributed by atoms with E-state index in [1.54, 1.807) is 28.8 Å². The van der Waals surface area contributed by atoms with Crippen molar-refractivity contribution in [2.24, 2.45) is 12.8 Å². The summed E-state index contributed by atoms with van der Waals surface area (Å²) in [4.78, 5) is 5.17. The number of aromatic nitrogens is 3. The number of pyridine rings is 1. The van der Waals surface area contributed by atoms with Gasteiger partial charge in [0.15, 0.2) is 0 Å². The van der Waals surface area contributed by atoms with Crippen molar-refractivity contribution >= 4 is 11.8 Å². The van der Waals surface area contributed by atoms with Crippen molar-refractivity contribution in [2.75, 3.05) is 6.54 Å². The first-order valence-electron chi connectivity index (χ1n) is 5.05. The first-order valence-corrected chi connectivity index (χ1v) is 5.93. The van der Waals surface area contributed by atoms with Gasteiger partial charge in [0.1, 0.15) is 0 Å². The van der Waals surface area contributed by atoms with Gasteiger partial charge in [-0.2, -0.15) is 5.10 Å². The Labute approximate surface area is 98.9 Å². The van der Waals surface area contributed by atoms with Crippen LogP contribution < -0.4 is 5.73 Å². The SMILES string of the molecule is Cn1cc(C(CN)Sc2ccncc2)cn1. The first-order chi connectivity index (χ1) is 7.79. The fourth-order valence-corrected chi connectivity index (χ4v) is 2.40. The molecule has 4 nitrogen and oxygen atoms in total. The van der Waals surface area contributed by atoms with Crippen LogP contribution in [0.15, 0.2) is 41.8 Å². The van der Waals surface area contributed by atoms with Crippen LogP contribution >= 0.6 is 11.8 Å². The van der Waals surface area contributed by atoms with Gasteiger partial charge in [-0.15, -0.1) is 11.8 Å². The van der Waals surface area contributed by atoms with E-state index in [0.29, 0.717) is 6.54 Å². The van der Waals surface area contributed by atoms with Gasteiger partial charge >= 0.3 is 0 Å². The van der Waals surface area contributed by atoms with Crippen LogP contribution in [-0.4, -0.2) is 21.3 Å². The molecule has 1 unspecified atom stereocenters. The predicted molar refractivity (Wildman–Crippen MR) is 65.1 cm³/mol. The van der Waals surface area contributed by atoms with Crippen LogP contribution in [0.1, 0.15) is 10.8 Å². The zero-order chi connectivity index (χ0) is 11.4. The van der Waals surface area contributed by atoms with Gasteiger partial charge in [-0.25, -0.2) is 0 Å². The molecular formula is C11H14N4S. The summed E-state index contributed by atoms with van der Waals surface area (Å²) in [6, 6.07) is 3.98. The maximum atomic E-state index is 5.79. The highest BCUT2D eigenvalue weighted by Gasteiger charge is 2.12. The summed E-state index contributed by atoms with van der Waals surface area (Å²) in [6.07, 6.45) is 7.45. The molecule has 5 heteroatoms. The number of hydrogen-bond acceptors (Lipinski definition) is 4. The maximum absolute atomic E-state index is 5.79. The molecule has 0 spiro atoms. The second-order valence-electron chi connectivity index (χ2n) is 3.47. The highest BCUT2D eigenvalue weighted by Crippen LogP contribution is 2.33. The molecule has 0 saturated carbocycles. The minimum atomic E-state index is 0.246. The van der Waals surface area contributed by atoms with Crippen molar-refractivity contribution in [1.82, 2.24) is 14.8 Å². The van der Waals surface area contributed by atoms with Gasteiger partial charge in [-0.3, -0.25) is 9.67 Å². The van der Waals surface area contributed by atoms with E-state index >= 15 is 0 Å². The molecule has 16 heavy (non-hydrogen) atoms. The summed E-state index contributed by atoms with van der Waals surface area (Å²) < 4.78 is 1.80. The fraction of sp³-hybridized carbons (Fsp3) is 0.273. The average molecular weight is 234 g/mol. The Hall–Kier alpha value is -1.33. The zero-order valence-corrected chi connectivity index (χ0v) is 9.89. The maximum Gasteiger partial charge on any atom is 0.0533 e. The normalized spacial score (nSPS) is 12.6. The summed E-state index contributed by atoms with van der Waals surface area (Å²) >= 11 is 1.74. The van der Waals surface area contributed by atoms with Crippen LogP contribution in [-0.2, 0) is 7.05 Å². The molecule has 2 aromatic heterocycles. The Kier molecular flexibility index (Phi) is 3.58. The van der Waals surface area contributed by atoms with Crippen LogP contribution in [0.25, 0.3) is 0 Å². The number of nitrogens with two attached hydrogens (primary N) is 1. The van der Waals surface area contributed by atoms with Gasteiger partial charge < -0.3 is 5.73 Å². The van der Waals surface area contributed by atoms with Gasteiger partial charge in [0.2, 0.25) is 0 Å². The van der Waals surface area contributed by atoms with E-state index in [2.05, 4.69) is 10.1 Å². The van der Waals surface area contributed by atoms with Gasteiger partial charge in [0.25, 0.3) is 0 Å². The fourth-order valence-electron chi connectivity index (χ4n) is 1.44. The number of nitrogens with zero attached hydrogens (tertiary/aromatic N) is 3. The predicted octanol–water partition coefficient (Wildman–Crippen LogP) is 1.61. The molecule has 1 atom stereocenters. The third-order valence-electron chi connectivity index (χ3n) is 2.24. The van der Waals surface area contributed by atoms with Crippen LogP contribution in [0.2, 0.25) is 0 Å². The lowest BCUT2D eigenvalue weighted by atomic mass is 10.2. The van der Waals surface area contributed by atoms with E-state index in [0.717, 1.165) is 5.56 Å². The van der Waals surface area contributed by atoms with Crippen molar-refractivity contribution in [1.29, 1.82) is 0 Å². The van der Waals surface area contributed by atoms with Crippen molar-refractivity contribution in [3.63, 3.8) is 0 Å². The molecule has 2 rings (SSSR count). The Morgan fingerprint density at radius 2 is 2.19 bits per heavy atom. The number of rotatable bonds is 4. The molecular weight excluding hydrogens is 220 g/mol. The summed E-state index contributed by atoms with van der Waals surface area (Å²) in [6.45, 7) is 0.596. The van der Waals surface area contributed by atoms with Crippen molar-refractivity contribution < 1.29 is 0 Å². The van der Waals surface area contributed by atoms with E-state index in [-0.39, 0.29) is 5.25 Å². The minimum Gasteiger partial charge on any atom is -0.329 e. The quantitative estimate of drug-likeness (QED) is 0.816. The van der Waals surface area contributed by atoms with Gasteiger partial charge in [-0.1, -0.05) is 0 Å². The molecule has 0 aliphatic carbocycles. The van der Waals surface area contributed by atoms with E-state index in [1.807, 2.05) is 31.6 Å². The van der Waals surface area contributed by atoms with Gasteiger partial charge in [0.05, 0.1) is 6.20 Å². The van der Waals surface area contributed by atoms with Crippen molar-refractivity contribution in [3.8, 4) is 0 Å². The molecule has 2 heterocycles. The van der Waals surface area contributed by atoms with Crippen LogP contribution in [0, 0.1) is 0 Å². The van der Waals surface area contributed by atoms with Gasteiger partial charge in [-0.05, 0) is 12.1 Å². The van der Waals surface area contributed by atoms with E-state index in [4.69, 9.17) is 5.73 Å². The lowest BCUT2D eigenvalue weighted by Gasteiger charge is -2.11. The largest absolute Gasteiger partial charge is 0.329 e. The second-order valence-corrected chi connectivity index (χ2v) is 4.75. The van der Waals surface area contributed by atoms with Crippen LogP contribution in [0.4, 0.5) is 0 Å². The Bertz CT molecular complexity index is 440. The molecule has 0 aliphatic rings. The molecule has 84 valence electrons. The molecule has 0 aromatic carbocycles. The Morgan fingerprint density at radius 3 is 2.75 bits per heavy atom. The third kappa shape index (κ3) is 2.62. The highest BCUT2D eigenvalue weighted by atomic mass is 32.2. The minimum absolute atomic E-state index is 0.246. The first kappa shape index (κ1) is 11.2. The third-order valence-corrected chi connectivity index (χ3v) is 3.53. The molecule has 0 saturated heterocycles. The molecule has 0 fully saturated rings. The monoisotopic (exact) mass is 234 g/mol. The summed E-state index contributed by atoms with van der Waals surface area (Å²) in [7, 11) is 1.91. The Balaban J connectivity index is 2.12. The van der Waals surface area contributed by atoms with E-state index in [1.165, 1.54) is 4.90 Å². The second kappa shape index (κ2) is 5.14. The highest BCUT2D eigenvalue weighted by molar-refractivity contribution is 7.99. The van der Waals surface area contributed by atoms with E-state index < -0.39 is 0 Å². The number of aryl methyl sites for hydroxylation is 1. The molecule has 0 amide bonds. The van der Waals surface area contributed by atoms with Crippen LogP contribution in [0.5, 0.6) is 0 Å². The summed E-state index contributed by atoms with van der Waals surface area (Å²) in [5.41, 5.74) is 6.95. The standard InChI is InChI=1S/C11H14N4S/c1-15-8-9(7-14-15)11(6-12)16-10-2-4-13-5-3-10/h2-5,7-8,11H,6,12H2,1H3. The summed E-state index contributed by atoms with van der Waals surface area (Å²) in [5, 5.41) is 4.41. The van der Waals surface area contributed by atoms with Crippen molar-refractivity contribution in [2.45, 2.75) is 10.1 Å². The number of hydrogen-bond donors (Lipinski definition) is 1. The molecule has 0 aliphatic heterocycles. The van der Waals surface area contributed by atoms with Crippen LogP contribution in [0.3, 0.4) is 0 Å². The lowest BCUT2D eigenvalue weighted by Crippen LogP contribution is -2.08. The summed E-state index contributed by atoms with van der Waals surface area (Å²) in [5.74, 6) is 0. The lowest BCUT2D eigenvalue weighted by molar-refractivity contribution is 0.766. The molecule has 0 radical (unpaired) electrons. The molecule has 2 N–H and O–H groups in total. The Morgan fingerprint density at radius 1 is 1.44 bits per heavy atom. The number of thioether (sulfide) groups is 1. The molecule has 2 aromatic rings. The topological polar surface area (TPSA) is 56.7 Å². The van der Waals surface area contributed by atoms with Crippen molar-refractivity contribution in [3.05, 3.63) is 42.5 Å². The average Bonchev–Trinajstić information content (AvgIpc) is 2.74. The van der Waals surface area contributed by atoms with Gasteiger partial charge in [0, 0.05) is 47.9 Å².